The van der Waals surface area contributed by atoms with E-state index >= 15 is 0 Å². The van der Waals surface area contributed by atoms with Crippen molar-refractivity contribution in [1.29, 1.82) is 0 Å². The first kappa shape index (κ1) is 12.3. The van der Waals surface area contributed by atoms with Crippen LogP contribution in [0.15, 0.2) is 18.2 Å². The van der Waals surface area contributed by atoms with Crippen LogP contribution in [-0.4, -0.2) is 27.9 Å². The number of thiophene rings is 1. The van der Waals surface area contributed by atoms with Gasteiger partial charge in [-0.2, -0.15) is 0 Å². The molecule has 0 aliphatic rings. The highest BCUT2D eigenvalue weighted by molar-refractivity contribution is 7.21. The van der Waals surface area contributed by atoms with Gasteiger partial charge in [0.2, 0.25) is 0 Å². The third kappa shape index (κ3) is 1.86. The number of carboxylic acid groups (broad SMARTS) is 2. The minimum absolute atomic E-state index is 0.198. The van der Waals surface area contributed by atoms with E-state index in [4.69, 9.17) is 10.2 Å². The Balaban J connectivity index is 2.84. The monoisotopic (exact) mass is 264 g/mol. The molecule has 0 saturated heterocycles. The summed E-state index contributed by atoms with van der Waals surface area (Å²) in [6.07, 6.45) is 0. The van der Waals surface area contributed by atoms with E-state index in [9.17, 15) is 14.4 Å². The van der Waals surface area contributed by atoms with Crippen LogP contribution in [-0.2, 0) is 0 Å². The van der Waals surface area contributed by atoms with Gasteiger partial charge < -0.3 is 10.2 Å². The van der Waals surface area contributed by atoms with E-state index in [0.717, 1.165) is 11.3 Å². The fourth-order valence-electron chi connectivity index (χ4n) is 1.68. The molecule has 92 valence electrons. The van der Waals surface area contributed by atoms with E-state index in [-0.39, 0.29) is 21.6 Å². The first-order chi connectivity index (χ1) is 8.41. The Morgan fingerprint density at radius 2 is 1.78 bits per heavy atom. The summed E-state index contributed by atoms with van der Waals surface area (Å²) < 4.78 is 0.537. The number of carbonyl (C=O) groups excluding carboxylic acids is 1. The number of benzene rings is 1. The first-order valence-corrected chi connectivity index (χ1v) is 5.77. The highest BCUT2D eigenvalue weighted by Crippen LogP contribution is 2.32. The molecule has 5 nitrogen and oxygen atoms in total. The molecular weight excluding hydrogens is 256 g/mol. The normalized spacial score (nSPS) is 10.5. The summed E-state index contributed by atoms with van der Waals surface area (Å²) in [4.78, 5) is 33.2. The number of carboxylic acids is 2. The second-order valence-corrected chi connectivity index (χ2v) is 4.74. The summed E-state index contributed by atoms with van der Waals surface area (Å²) in [6.45, 7) is 1.37. The van der Waals surface area contributed by atoms with Crippen LogP contribution in [0.2, 0.25) is 0 Å². The molecule has 0 radical (unpaired) electrons. The molecule has 0 unspecified atom stereocenters. The van der Waals surface area contributed by atoms with E-state index < -0.39 is 11.9 Å². The van der Waals surface area contributed by atoms with Crippen molar-refractivity contribution in [3.8, 4) is 0 Å². The quantitative estimate of drug-likeness (QED) is 0.831. The van der Waals surface area contributed by atoms with Gasteiger partial charge in [0.25, 0.3) is 0 Å². The van der Waals surface area contributed by atoms with E-state index in [1.54, 1.807) is 12.1 Å². The molecule has 2 aromatic rings. The second-order valence-electron chi connectivity index (χ2n) is 3.68. The van der Waals surface area contributed by atoms with Gasteiger partial charge in [0, 0.05) is 15.6 Å². The zero-order valence-electron chi connectivity index (χ0n) is 9.26. The number of hydrogen-bond acceptors (Lipinski definition) is 4. The molecule has 0 aliphatic heterocycles. The van der Waals surface area contributed by atoms with E-state index in [2.05, 4.69) is 0 Å². The van der Waals surface area contributed by atoms with Crippen LogP contribution in [0.4, 0.5) is 0 Å². The molecule has 1 heterocycles. The Morgan fingerprint density at radius 3 is 2.28 bits per heavy atom. The van der Waals surface area contributed by atoms with Crippen molar-refractivity contribution >= 4 is 39.1 Å². The minimum Gasteiger partial charge on any atom is -0.478 e. The SMILES string of the molecule is CC(=O)c1ccc2sc(C(=O)O)c(C(=O)O)c2c1. The first-order valence-electron chi connectivity index (χ1n) is 4.96. The van der Waals surface area contributed by atoms with Crippen molar-refractivity contribution in [2.45, 2.75) is 6.92 Å². The van der Waals surface area contributed by atoms with E-state index in [0.29, 0.717) is 10.3 Å². The van der Waals surface area contributed by atoms with Gasteiger partial charge >= 0.3 is 11.9 Å². The zero-order chi connectivity index (χ0) is 13.4. The Labute approximate surface area is 105 Å². The molecule has 18 heavy (non-hydrogen) atoms. The topological polar surface area (TPSA) is 91.7 Å². The van der Waals surface area contributed by atoms with Gasteiger partial charge in [-0.15, -0.1) is 11.3 Å². The van der Waals surface area contributed by atoms with Crippen LogP contribution in [0.5, 0.6) is 0 Å². The highest BCUT2D eigenvalue weighted by Gasteiger charge is 2.23. The maximum Gasteiger partial charge on any atom is 0.346 e. The molecule has 0 atom stereocenters. The zero-order valence-corrected chi connectivity index (χ0v) is 10.1. The number of ketones is 1. The lowest BCUT2D eigenvalue weighted by molar-refractivity contribution is 0.0657. The fraction of sp³-hybridized carbons (Fsp3) is 0.0833. The predicted octanol–water partition coefficient (Wildman–Crippen LogP) is 2.50. The van der Waals surface area contributed by atoms with Crippen molar-refractivity contribution in [3.05, 3.63) is 34.2 Å². The van der Waals surface area contributed by atoms with Gasteiger partial charge in [-0.3, -0.25) is 4.79 Å². The van der Waals surface area contributed by atoms with Crippen LogP contribution in [0, 0.1) is 0 Å². The molecule has 0 fully saturated rings. The third-order valence-corrected chi connectivity index (χ3v) is 3.66. The average Bonchev–Trinajstić information content (AvgIpc) is 2.66. The largest absolute Gasteiger partial charge is 0.478 e. The summed E-state index contributed by atoms with van der Waals surface area (Å²) in [6, 6.07) is 4.54. The van der Waals surface area contributed by atoms with Gasteiger partial charge in [0.05, 0.1) is 5.56 Å². The van der Waals surface area contributed by atoms with Gasteiger partial charge in [-0.25, -0.2) is 9.59 Å². The van der Waals surface area contributed by atoms with Crippen molar-refractivity contribution in [2.75, 3.05) is 0 Å². The van der Waals surface area contributed by atoms with Crippen molar-refractivity contribution in [2.24, 2.45) is 0 Å². The van der Waals surface area contributed by atoms with Gasteiger partial charge in [0.1, 0.15) is 4.88 Å². The van der Waals surface area contributed by atoms with Crippen LogP contribution in [0.1, 0.15) is 37.3 Å². The standard InChI is InChI=1S/C12H8O5S/c1-5(13)6-2-3-8-7(4-6)9(11(14)15)10(18-8)12(16)17/h2-4H,1H3,(H,14,15)(H,16,17). The number of hydrogen-bond donors (Lipinski definition) is 2. The Hall–Kier alpha value is -2.21. The number of fused-ring (bicyclic) bond motifs is 1. The predicted molar refractivity (Wildman–Crippen MR) is 65.7 cm³/mol. The molecule has 1 aromatic heterocycles. The summed E-state index contributed by atoms with van der Waals surface area (Å²) in [5.41, 5.74) is 0.102. The van der Waals surface area contributed by atoms with Gasteiger partial charge in [-0.1, -0.05) is 0 Å². The molecule has 0 bridgehead atoms. The fourth-order valence-corrected chi connectivity index (χ4v) is 2.69. The van der Waals surface area contributed by atoms with Crippen molar-refractivity contribution in [3.63, 3.8) is 0 Å². The molecule has 6 heteroatoms. The Bertz CT molecular complexity index is 683. The summed E-state index contributed by atoms with van der Waals surface area (Å²) in [7, 11) is 0. The maximum absolute atomic E-state index is 11.3. The van der Waals surface area contributed by atoms with Crippen LogP contribution < -0.4 is 0 Å². The summed E-state index contributed by atoms with van der Waals surface area (Å²) in [5.74, 6) is -2.78. The average molecular weight is 264 g/mol. The number of aromatic carboxylic acids is 2. The number of rotatable bonds is 3. The molecule has 2 N–H and O–H groups in total. The molecule has 0 saturated carbocycles. The van der Waals surface area contributed by atoms with E-state index in [1.807, 2.05) is 0 Å². The number of Topliss-reactive ketones (excluding diaryl/α,β-unsaturated/α-hetero) is 1. The third-order valence-electron chi connectivity index (χ3n) is 2.50. The molecule has 0 spiro atoms. The lowest BCUT2D eigenvalue weighted by Crippen LogP contribution is -2.04. The molecule has 2 rings (SSSR count). The summed E-state index contributed by atoms with van der Waals surface area (Å²) in [5, 5.41) is 18.4. The molecule has 0 amide bonds. The molecule has 1 aromatic carbocycles. The lowest BCUT2D eigenvalue weighted by Gasteiger charge is -1.97. The minimum atomic E-state index is -1.31. The van der Waals surface area contributed by atoms with Crippen LogP contribution in [0.25, 0.3) is 10.1 Å². The second kappa shape index (κ2) is 4.23. The molecular formula is C12H8O5S. The smallest absolute Gasteiger partial charge is 0.346 e. The number of carbonyl (C=O) groups is 3. The van der Waals surface area contributed by atoms with E-state index in [1.165, 1.54) is 13.0 Å². The van der Waals surface area contributed by atoms with Gasteiger partial charge in [0.15, 0.2) is 5.78 Å². The Kier molecular flexibility index (Phi) is 2.88. The Morgan fingerprint density at radius 1 is 1.11 bits per heavy atom. The van der Waals surface area contributed by atoms with Gasteiger partial charge in [-0.05, 0) is 25.1 Å². The summed E-state index contributed by atoms with van der Waals surface area (Å²) >= 11 is 0.889. The molecule has 0 aliphatic carbocycles. The van der Waals surface area contributed by atoms with Crippen LogP contribution in [0.3, 0.4) is 0 Å². The lowest BCUT2D eigenvalue weighted by atomic mass is 10.1. The maximum atomic E-state index is 11.3. The van der Waals surface area contributed by atoms with Crippen LogP contribution >= 0.6 is 11.3 Å². The highest BCUT2D eigenvalue weighted by atomic mass is 32.1. The van der Waals surface area contributed by atoms with Crippen molar-refractivity contribution < 1.29 is 24.6 Å². The van der Waals surface area contributed by atoms with Crippen molar-refractivity contribution in [1.82, 2.24) is 0 Å².